The molecule has 0 atom stereocenters. The van der Waals surface area contributed by atoms with Crippen molar-refractivity contribution < 1.29 is 11.7 Å². The summed E-state index contributed by atoms with van der Waals surface area (Å²) < 4.78 is 40.2. The van der Waals surface area contributed by atoms with Crippen LogP contribution in [0.5, 0.6) is 0 Å². The number of nitriles is 2. The van der Waals surface area contributed by atoms with Gasteiger partial charge in [-0.2, -0.15) is 15.6 Å². The number of nitrogens with zero attached hydrogens (tertiary/aromatic N) is 4. The Morgan fingerprint density at radius 1 is 1.23 bits per heavy atom. The molecule has 1 saturated carbocycles. The molecule has 0 radical (unpaired) electrons. The maximum Gasteiger partial charge on any atom is 0.237 e. The van der Waals surface area contributed by atoms with Crippen molar-refractivity contribution in [2.75, 3.05) is 12.4 Å². The molecule has 1 aromatic carbocycles. The number of halogens is 5. The molecule has 0 bridgehead atoms. The molecular formula is C15H10Cl2F3N5S. The van der Waals surface area contributed by atoms with E-state index < -0.39 is 21.5 Å². The first-order valence-corrected chi connectivity index (χ1v) is 9.31. The van der Waals surface area contributed by atoms with Crippen molar-refractivity contribution >= 4 is 40.2 Å². The highest BCUT2D eigenvalue weighted by atomic mass is 35.5. The van der Waals surface area contributed by atoms with E-state index in [1.807, 2.05) is 6.07 Å². The molecule has 1 fully saturated rings. The van der Waals surface area contributed by atoms with Gasteiger partial charge in [0.1, 0.15) is 17.6 Å². The molecule has 1 aromatic heterocycles. The molecule has 1 heterocycles. The molecular weight excluding hydrogens is 410 g/mol. The van der Waals surface area contributed by atoms with Crippen molar-refractivity contribution in [2.45, 2.75) is 23.2 Å². The van der Waals surface area contributed by atoms with Gasteiger partial charge in [-0.3, -0.25) is 0 Å². The zero-order chi connectivity index (χ0) is 19.3. The Balaban J connectivity index is 2.27. The highest BCUT2D eigenvalue weighted by Crippen LogP contribution is 2.62. The predicted octanol–water partition coefficient (Wildman–Crippen LogP) is 5.46. The zero-order valence-corrected chi connectivity index (χ0v) is 15.5. The smallest absolute Gasteiger partial charge is 0.237 e. The van der Waals surface area contributed by atoms with Crippen LogP contribution in [0, 0.1) is 22.7 Å². The molecule has 11 heteroatoms. The Hall–Kier alpha value is -2.07. The number of benzene rings is 1. The fourth-order valence-corrected chi connectivity index (χ4v) is 4.04. The molecule has 0 spiro atoms. The number of hydrogen-bond acceptors (Lipinski definition) is 4. The van der Waals surface area contributed by atoms with Gasteiger partial charge in [0.05, 0.1) is 32.0 Å². The van der Waals surface area contributed by atoms with Gasteiger partial charge in [-0.1, -0.05) is 23.2 Å². The van der Waals surface area contributed by atoms with Crippen molar-refractivity contribution in [3.63, 3.8) is 0 Å². The Morgan fingerprint density at radius 3 is 2.19 bits per heavy atom. The van der Waals surface area contributed by atoms with Gasteiger partial charge in [-0.05, 0) is 25.0 Å². The topological polar surface area (TPSA) is 77.4 Å². The minimum absolute atomic E-state index is 0.00561. The SMILES string of the molecule is CNc1c(C2(C#N)CC2)c(C#N)nn1-c1c(Cl)cc(S(F)(F)F)cc1Cl. The van der Waals surface area contributed by atoms with E-state index >= 15 is 0 Å². The molecule has 26 heavy (non-hydrogen) atoms. The first kappa shape index (κ1) is 18.7. The Morgan fingerprint density at radius 2 is 1.81 bits per heavy atom. The van der Waals surface area contributed by atoms with Gasteiger partial charge in [-0.25, -0.2) is 4.68 Å². The molecule has 2 aromatic rings. The van der Waals surface area contributed by atoms with Crippen LogP contribution in [0.3, 0.4) is 0 Å². The van der Waals surface area contributed by atoms with E-state index in [1.165, 1.54) is 4.68 Å². The second-order valence-electron chi connectivity index (χ2n) is 5.68. The van der Waals surface area contributed by atoms with Crippen LogP contribution in [0.25, 0.3) is 5.69 Å². The molecule has 0 amide bonds. The summed E-state index contributed by atoms with van der Waals surface area (Å²) in [5.41, 5.74) is -0.410. The lowest BCUT2D eigenvalue weighted by atomic mass is 9.97. The lowest BCUT2D eigenvalue weighted by molar-refractivity contribution is 0.633. The number of aromatic nitrogens is 2. The lowest BCUT2D eigenvalue weighted by Gasteiger charge is -2.16. The van der Waals surface area contributed by atoms with Gasteiger partial charge in [0.25, 0.3) is 0 Å². The van der Waals surface area contributed by atoms with Gasteiger partial charge in [-0.15, -0.1) is 11.7 Å². The standard InChI is InChI=1S/C15H10Cl2F3N5S/c1-23-14-12(15(7-22)2-3-15)11(6-21)24-25(14)13-9(16)4-8(5-10(13)17)26(18,19)20/h4-5,23H,2-3H2,1H3. The first-order valence-electron chi connectivity index (χ1n) is 7.22. The zero-order valence-electron chi connectivity index (χ0n) is 13.2. The van der Waals surface area contributed by atoms with Crippen molar-refractivity contribution in [3.8, 4) is 17.8 Å². The second kappa shape index (κ2) is 6.27. The van der Waals surface area contributed by atoms with Crippen LogP contribution in [0.15, 0.2) is 17.0 Å². The largest absolute Gasteiger partial charge is 0.373 e. The summed E-state index contributed by atoms with van der Waals surface area (Å²) in [6.45, 7) is 0. The molecule has 0 aliphatic heterocycles. The Bertz CT molecular complexity index is 960. The average molecular weight is 420 g/mol. The van der Waals surface area contributed by atoms with Gasteiger partial charge in [0, 0.05) is 7.05 Å². The van der Waals surface area contributed by atoms with Gasteiger partial charge in [0.15, 0.2) is 5.69 Å². The van der Waals surface area contributed by atoms with Crippen LogP contribution in [-0.4, -0.2) is 16.8 Å². The molecule has 1 aliphatic rings. The minimum Gasteiger partial charge on any atom is -0.373 e. The van der Waals surface area contributed by atoms with Crippen LogP contribution in [0.1, 0.15) is 24.1 Å². The van der Waals surface area contributed by atoms with E-state index in [0.717, 1.165) is 12.1 Å². The normalized spacial score (nSPS) is 15.8. The Labute approximate surface area is 159 Å². The predicted molar refractivity (Wildman–Crippen MR) is 93.6 cm³/mol. The summed E-state index contributed by atoms with van der Waals surface area (Å²) in [7, 11) is 1.56. The van der Waals surface area contributed by atoms with Crippen LogP contribution in [-0.2, 0) is 5.41 Å². The third-order valence-electron chi connectivity index (χ3n) is 4.14. The molecule has 136 valence electrons. The number of rotatable bonds is 4. The van der Waals surface area contributed by atoms with Crippen molar-refractivity contribution in [1.82, 2.24) is 9.78 Å². The summed E-state index contributed by atoms with van der Waals surface area (Å²) in [5, 5.41) is 25.4. The van der Waals surface area contributed by atoms with Crippen molar-refractivity contribution in [1.29, 1.82) is 10.5 Å². The van der Waals surface area contributed by atoms with Crippen LogP contribution < -0.4 is 5.32 Å². The van der Waals surface area contributed by atoms with Crippen molar-refractivity contribution in [2.24, 2.45) is 0 Å². The maximum absolute atomic E-state index is 13.0. The quantitative estimate of drug-likeness (QED) is 0.712. The minimum atomic E-state index is -5.50. The van der Waals surface area contributed by atoms with Crippen LogP contribution in [0.2, 0.25) is 10.0 Å². The third kappa shape index (κ3) is 2.86. The molecule has 1 N–H and O–H groups in total. The second-order valence-corrected chi connectivity index (χ2v) is 7.78. The fraction of sp³-hybridized carbons (Fsp3) is 0.267. The van der Waals surface area contributed by atoms with E-state index in [-0.39, 0.29) is 21.4 Å². The van der Waals surface area contributed by atoms with E-state index in [4.69, 9.17) is 23.2 Å². The lowest BCUT2D eigenvalue weighted by Crippen LogP contribution is -2.10. The summed E-state index contributed by atoms with van der Waals surface area (Å²) in [6.07, 6.45) is 1.13. The first-order chi connectivity index (χ1) is 12.2. The van der Waals surface area contributed by atoms with Crippen molar-refractivity contribution in [3.05, 3.63) is 33.4 Å². The van der Waals surface area contributed by atoms with Gasteiger partial charge < -0.3 is 5.32 Å². The molecule has 1 aliphatic carbocycles. The maximum atomic E-state index is 13.0. The van der Waals surface area contributed by atoms with E-state index in [9.17, 15) is 22.2 Å². The molecule has 0 unspecified atom stereocenters. The van der Waals surface area contributed by atoms with Crippen LogP contribution >= 0.6 is 34.4 Å². The van der Waals surface area contributed by atoms with Gasteiger partial charge in [0.2, 0.25) is 11.2 Å². The molecule has 5 nitrogen and oxygen atoms in total. The molecule has 3 rings (SSSR count). The summed E-state index contributed by atoms with van der Waals surface area (Å²) in [5.74, 6) is 0.302. The third-order valence-corrected chi connectivity index (χ3v) is 5.49. The number of nitrogens with one attached hydrogen (secondary N) is 1. The number of anilines is 1. The van der Waals surface area contributed by atoms with E-state index in [0.29, 0.717) is 24.2 Å². The number of hydrogen-bond donors (Lipinski definition) is 1. The molecule has 0 saturated heterocycles. The summed E-state index contributed by atoms with van der Waals surface area (Å²) >= 11 is 6.63. The van der Waals surface area contributed by atoms with E-state index in [2.05, 4.69) is 16.5 Å². The monoisotopic (exact) mass is 419 g/mol. The Kier molecular flexibility index (Phi) is 4.51. The van der Waals surface area contributed by atoms with E-state index in [1.54, 1.807) is 7.05 Å². The highest BCUT2D eigenvalue weighted by molar-refractivity contribution is 8.20. The fourth-order valence-electron chi connectivity index (χ4n) is 2.76. The summed E-state index contributed by atoms with van der Waals surface area (Å²) in [6, 6.07) is 5.68. The van der Waals surface area contributed by atoms with Gasteiger partial charge >= 0.3 is 0 Å². The highest BCUT2D eigenvalue weighted by Gasteiger charge is 2.50. The summed E-state index contributed by atoms with van der Waals surface area (Å²) in [4.78, 5) is -0.911. The van der Waals surface area contributed by atoms with Crippen LogP contribution in [0.4, 0.5) is 17.5 Å². The average Bonchev–Trinajstić information content (AvgIpc) is 3.28.